The van der Waals surface area contributed by atoms with E-state index < -0.39 is 0 Å². The molecule has 3 rings (SSSR count). The Morgan fingerprint density at radius 1 is 1.11 bits per heavy atom. The number of thiocarbonyl (C=S) groups is 1. The van der Waals surface area contributed by atoms with Crippen molar-refractivity contribution < 1.29 is 9.53 Å². The third-order valence-corrected chi connectivity index (χ3v) is 4.74. The van der Waals surface area contributed by atoms with E-state index in [1.165, 1.54) is 0 Å². The number of hydrogen-bond acceptors (Lipinski definition) is 3. The number of aryl methyl sites for hydroxylation is 2. The van der Waals surface area contributed by atoms with Gasteiger partial charge in [-0.2, -0.15) is 0 Å². The number of anilines is 1. The van der Waals surface area contributed by atoms with E-state index in [4.69, 9.17) is 17.0 Å². The van der Waals surface area contributed by atoms with Crippen LogP contribution in [0.3, 0.4) is 0 Å². The molecule has 1 aliphatic rings. The summed E-state index contributed by atoms with van der Waals surface area (Å²) in [6.07, 6.45) is 0. The van der Waals surface area contributed by atoms with Crippen molar-refractivity contribution in [1.29, 1.82) is 0 Å². The molecule has 0 fully saturated rings. The van der Waals surface area contributed by atoms with Gasteiger partial charge in [-0.05, 0) is 80.9 Å². The van der Waals surface area contributed by atoms with Crippen molar-refractivity contribution in [3.63, 3.8) is 0 Å². The van der Waals surface area contributed by atoms with Gasteiger partial charge in [-0.3, -0.25) is 4.79 Å². The highest BCUT2D eigenvalue weighted by atomic mass is 32.1. The van der Waals surface area contributed by atoms with E-state index in [1.807, 2.05) is 64.1 Å². The maximum atomic E-state index is 13.1. The molecule has 0 spiro atoms. The largest absolute Gasteiger partial charge is 0.494 e. The number of carbonyl (C=O) groups is 1. The molecule has 0 saturated carbocycles. The number of ether oxygens (including phenoxy) is 1. The summed E-state index contributed by atoms with van der Waals surface area (Å²) < 4.78 is 5.52. The highest BCUT2D eigenvalue weighted by Gasteiger charge is 2.30. The number of allylic oxidation sites excluding steroid dienone is 1. The number of benzene rings is 2. The molecule has 0 aromatic heterocycles. The van der Waals surface area contributed by atoms with Crippen LogP contribution in [0, 0.1) is 13.8 Å². The Kier molecular flexibility index (Phi) is 5.99. The van der Waals surface area contributed by atoms with Crippen LogP contribution in [0.5, 0.6) is 5.75 Å². The lowest BCUT2D eigenvalue weighted by Crippen LogP contribution is -2.45. The van der Waals surface area contributed by atoms with Crippen molar-refractivity contribution in [2.24, 2.45) is 0 Å². The van der Waals surface area contributed by atoms with Gasteiger partial charge in [-0.1, -0.05) is 18.2 Å². The molecule has 0 unspecified atom stereocenters. The molecule has 2 aromatic rings. The third kappa shape index (κ3) is 4.51. The minimum Gasteiger partial charge on any atom is -0.494 e. The summed E-state index contributed by atoms with van der Waals surface area (Å²) in [5.74, 6) is 0.633. The summed E-state index contributed by atoms with van der Waals surface area (Å²) in [6.45, 7) is 8.45. The zero-order chi connectivity index (χ0) is 20.3. The van der Waals surface area contributed by atoms with Gasteiger partial charge in [0.2, 0.25) is 0 Å². The zero-order valence-electron chi connectivity index (χ0n) is 16.6. The fourth-order valence-corrected chi connectivity index (χ4v) is 3.68. The van der Waals surface area contributed by atoms with Gasteiger partial charge in [-0.15, -0.1) is 0 Å². The molecule has 0 aliphatic carbocycles. The van der Waals surface area contributed by atoms with Gasteiger partial charge in [0.1, 0.15) is 5.75 Å². The predicted molar refractivity (Wildman–Crippen MR) is 116 cm³/mol. The first-order valence-corrected chi connectivity index (χ1v) is 9.69. The van der Waals surface area contributed by atoms with Crippen LogP contribution >= 0.6 is 12.2 Å². The molecule has 3 N–H and O–H groups in total. The standard InChI is InChI=1S/C22H25N3O2S/c1-5-27-18-8-6-16(7-9-18)20-19(15(4)23-22(28)25-20)21(26)24-17-11-13(2)10-14(3)12-17/h6-12,20H,5H2,1-4H3,(H,24,26)(H2,23,25,28)/t20-/m0/s1. The van der Waals surface area contributed by atoms with Crippen molar-refractivity contribution >= 4 is 28.9 Å². The summed E-state index contributed by atoms with van der Waals surface area (Å²) in [6, 6.07) is 13.4. The first kappa shape index (κ1) is 19.9. The third-order valence-electron chi connectivity index (χ3n) is 4.52. The van der Waals surface area contributed by atoms with Crippen molar-refractivity contribution in [3.8, 4) is 5.75 Å². The van der Waals surface area contributed by atoms with Crippen LogP contribution in [0.1, 0.15) is 36.6 Å². The van der Waals surface area contributed by atoms with Gasteiger partial charge in [-0.25, -0.2) is 0 Å². The Morgan fingerprint density at radius 3 is 2.36 bits per heavy atom. The lowest BCUT2D eigenvalue weighted by atomic mass is 9.94. The van der Waals surface area contributed by atoms with E-state index in [2.05, 4.69) is 22.0 Å². The molecule has 0 bridgehead atoms. The van der Waals surface area contributed by atoms with Crippen LogP contribution in [-0.4, -0.2) is 17.6 Å². The molecule has 0 radical (unpaired) electrons. The van der Waals surface area contributed by atoms with Crippen LogP contribution < -0.4 is 20.7 Å². The summed E-state index contributed by atoms with van der Waals surface area (Å²) in [5, 5.41) is 9.80. The maximum absolute atomic E-state index is 13.1. The predicted octanol–water partition coefficient (Wildman–Crippen LogP) is 4.13. The summed E-state index contributed by atoms with van der Waals surface area (Å²) >= 11 is 5.32. The maximum Gasteiger partial charge on any atom is 0.255 e. The average Bonchev–Trinajstić information content (AvgIpc) is 2.61. The number of amides is 1. The first-order valence-electron chi connectivity index (χ1n) is 9.28. The van der Waals surface area contributed by atoms with Gasteiger partial charge in [0, 0.05) is 11.4 Å². The quantitative estimate of drug-likeness (QED) is 0.665. The molecule has 28 heavy (non-hydrogen) atoms. The minimum atomic E-state index is -0.338. The normalized spacial score (nSPS) is 16.3. The second kappa shape index (κ2) is 8.44. The molecule has 146 valence electrons. The minimum absolute atomic E-state index is 0.163. The van der Waals surface area contributed by atoms with Gasteiger partial charge < -0.3 is 20.7 Å². The highest BCUT2D eigenvalue weighted by Crippen LogP contribution is 2.29. The summed E-state index contributed by atoms with van der Waals surface area (Å²) in [4.78, 5) is 13.1. The van der Waals surface area contributed by atoms with Gasteiger partial charge >= 0.3 is 0 Å². The topological polar surface area (TPSA) is 62.4 Å². The van der Waals surface area contributed by atoms with Crippen LogP contribution in [0.15, 0.2) is 53.7 Å². The Labute approximate surface area is 171 Å². The van der Waals surface area contributed by atoms with Gasteiger partial charge in [0.25, 0.3) is 5.91 Å². The molecule has 1 heterocycles. The van der Waals surface area contributed by atoms with Crippen LogP contribution in [0.4, 0.5) is 5.69 Å². The molecule has 0 saturated heterocycles. The smallest absolute Gasteiger partial charge is 0.255 e. The van der Waals surface area contributed by atoms with Crippen LogP contribution in [0.25, 0.3) is 0 Å². The lowest BCUT2D eigenvalue weighted by Gasteiger charge is -2.30. The number of carbonyl (C=O) groups excluding carboxylic acids is 1. The number of rotatable bonds is 5. The molecular formula is C22H25N3O2S. The second-order valence-electron chi connectivity index (χ2n) is 6.90. The molecule has 1 aliphatic heterocycles. The van der Waals surface area contributed by atoms with Crippen LogP contribution in [0.2, 0.25) is 0 Å². The highest BCUT2D eigenvalue weighted by molar-refractivity contribution is 7.80. The summed E-state index contributed by atoms with van der Waals surface area (Å²) in [5.41, 5.74) is 5.27. The number of nitrogens with one attached hydrogen (secondary N) is 3. The van der Waals surface area contributed by atoms with Crippen molar-refractivity contribution in [3.05, 3.63) is 70.4 Å². The molecule has 1 atom stereocenters. The monoisotopic (exact) mass is 395 g/mol. The van der Waals surface area contributed by atoms with Crippen molar-refractivity contribution in [1.82, 2.24) is 10.6 Å². The summed E-state index contributed by atoms with van der Waals surface area (Å²) in [7, 11) is 0. The van der Waals surface area contributed by atoms with E-state index in [1.54, 1.807) is 0 Å². The number of hydrogen-bond donors (Lipinski definition) is 3. The second-order valence-corrected chi connectivity index (χ2v) is 7.31. The van der Waals surface area contributed by atoms with E-state index >= 15 is 0 Å². The Bertz CT molecular complexity index is 915. The SMILES string of the molecule is CCOc1ccc([C@@H]2NC(=S)NC(C)=C2C(=O)Nc2cc(C)cc(C)c2)cc1. The fraction of sp³-hybridized carbons (Fsp3) is 0.273. The fourth-order valence-electron chi connectivity index (χ4n) is 3.41. The van der Waals surface area contributed by atoms with E-state index in [0.717, 1.165) is 33.8 Å². The molecule has 2 aromatic carbocycles. The van der Waals surface area contributed by atoms with E-state index in [9.17, 15) is 4.79 Å². The molecule has 1 amide bonds. The van der Waals surface area contributed by atoms with Gasteiger partial charge in [0.15, 0.2) is 5.11 Å². The average molecular weight is 396 g/mol. The van der Waals surface area contributed by atoms with Crippen molar-refractivity contribution in [2.75, 3.05) is 11.9 Å². The van der Waals surface area contributed by atoms with Crippen LogP contribution in [-0.2, 0) is 4.79 Å². The van der Waals surface area contributed by atoms with Crippen molar-refractivity contribution in [2.45, 2.75) is 33.7 Å². The van der Waals surface area contributed by atoms with E-state index in [0.29, 0.717) is 17.3 Å². The zero-order valence-corrected chi connectivity index (χ0v) is 17.4. The lowest BCUT2D eigenvalue weighted by molar-refractivity contribution is -0.113. The Hall–Kier alpha value is -2.86. The van der Waals surface area contributed by atoms with Gasteiger partial charge in [0.05, 0.1) is 18.2 Å². The molecular weight excluding hydrogens is 370 g/mol. The Morgan fingerprint density at radius 2 is 1.75 bits per heavy atom. The molecule has 6 heteroatoms. The first-order chi connectivity index (χ1) is 13.4. The Balaban J connectivity index is 1.91. The van der Waals surface area contributed by atoms with E-state index in [-0.39, 0.29) is 11.9 Å². The molecule has 5 nitrogen and oxygen atoms in total.